The minimum absolute atomic E-state index is 0.00212. The van der Waals surface area contributed by atoms with Gasteiger partial charge in [0, 0.05) is 199 Å². The number of carbonyl (C=O) groups is 4. The van der Waals surface area contributed by atoms with E-state index in [1.807, 2.05) is 24.1 Å². The fourth-order valence-corrected chi connectivity index (χ4v) is 41.2. The molecule has 137 heavy (non-hydrogen) atoms. The number of piperazine rings is 4. The van der Waals surface area contributed by atoms with Crippen LogP contribution in [0.15, 0.2) is 0 Å². The maximum Gasteiger partial charge on any atom is 0.150 e. The summed E-state index contributed by atoms with van der Waals surface area (Å²) < 4.78 is 77.7. The molecule has 0 aromatic carbocycles. The van der Waals surface area contributed by atoms with Crippen molar-refractivity contribution < 1.29 is 65.6 Å². The van der Waals surface area contributed by atoms with Gasteiger partial charge in [0.05, 0.1) is 55.2 Å². The highest BCUT2D eigenvalue weighted by molar-refractivity contribution is 7.98. The van der Waals surface area contributed by atoms with Crippen LogP contribution in [0.1, 0.15) is 280 Å². The van der Waals surface area contributed by atoms with E-state index in [-0.39, 0.29) is 51.2 Å². The van der Waals surface area contributed by atoms with Gasteiger partial charge in [-0.15, -0.1) is 0 Å². The number of fused-ring (bicyclic) bond motifs is 20. The molecule has 4 saturated heterocycles. The molecule has 0 radical (unpaired) electrons. The van der Waals surface area contributed by atoms with Crippen molar-refractivity contribution in [1.29, 1.82) is 0 Å². The first kappa shape index (κ1) is 106. The number of alkyl halides is 1. The predicted octanol–water partition coefficient (Wildman–Crippen LogP) is 14.0. The maximum absolute atomic E-state index is 15.5. The summed E-state index contributed by atoms with van der Waals surface area (Å²) in [6.45, 7) is 32.9. The van der Waals surface area contributed by atoms with Gasteiger partial charge in [0.2, 0.25) is 0 Å². The Balaban J connectivity index is 0.000000127. The molecule has 782 valence electrons. The molecule has 0 aromatic heterocycles. The fourth-order valence-electron chi connectivity index (χ4n) is 37.4. The summed E-state index contributed by atoms with van der Waals surface area (Å²) in [5.41, 5.74) is -1.73. The van der Waals surface area contributed by atoms with Gasteiger partial charge in [-0.3, -0.25) is 55.6 Å². The Morgan fingerprint density at radius 1 is 0.336 bits per heavy atom. The number of aliphatic hydroxyl groups is 4. The average molecular weight is 1990 g/mol. The number of ether oxygens (including phenoxy) is 1. The van der Waals surface area contributed by atoms with Crippen molar-refractivity contribution in [2.75, 3.05) is 170 Å². The zero-order chi connectivity index (χ0) is 98.2. The molecule has 16 aliphatic carbocycles. The third kappa shape index (κ3) is 21.8. The molecular formula is C111H189FN8O13S4. The lowest BCUT2D eigenvalue weighted by Crippen LogP contribution is -2.55. The van der Waals surface area contributed by atoms with Crippen molar-refractivity contribution in [3.05, 3.63) is 0 Å². The summed E-state index contributed by atoms with van der Waals surface area (Å²) in [4.78, 5) is 63.4. The highest BCUT2D eigenvalue weighted by atomic mass is 32.2. The van der Waals surface area contributed by atoms with Crippen LogP contribution in [0.5, 0.6) is 0 Å². The van der Waals surface area contributed by atoms with Crippen LogP contribution in [0, 0.1) is 170 Å². The first-order chi connectivity index (χ1) is 64.4. The van der Waals surface area contributed by atoms with E-state index >= 15 is 4.39 Å². The summed E-state index contributed by atoms with van der Waals surface area (Å²) in [7, 11) is -6.90. The molecule has 38 atom stereocenters. The van der Waals surface area contributed by atoms with E-state index in [4.69, 9.17) is 4.74 Å². The Bertz CT molecular complexity index is 4730. The molecule has 26 heteroatoms. The fraction of sp³-hybridized carbons (Fsp3) is 0.928. The molecule has 20 aliphatic rings. The van der Waals surface area contributed by atoms with Crippen molar-refractivity contribution in [3.8, 4) is 0 Å². The summed E-state index contributed by atoms with van der Waals surface area (Å²) in [5, 5.41) is 43.4. The van der Waals surface area contributed by atoms with Gasteiger partial charge >= 0.3 is 0 Å². The van der Waals surface area contributed by atoms with Crippen LogP contribution in [-0.2, 0) is 62.7 Å². The molecule has 20 rings (SSSR count). The number of ketones is 4. The minimum Gasteiger partial charge on any atom is -0.390 e. The molecule has 0 aromatic rings. The van der Waals surface area contributed by atoms with Crippen LogP contribution in [-0.4, -0.2) is 319 Å². The summed E-state index contributed by atoms with van der Waals surface area (Å²) >= 11 is 0. The second-order valence-electron chi connectivity index (χ2n) is 52.7. The molecule has 4 heterocycles. The summed E-state index contributed by atoms with van der Waals surface area (Å²) in [5.74, 6) is 31.2. The zero-order valence-electron chi connectivity index (χ0n) is 87.5. The van der Waals surface area contributed by atoms with Gasteiger partial charge in [-0.2, -0.15) is 0 Å². The molecule has 20 fully saturated rings. The number of rotatable bonds is 19. The molecule has 16 saturated carbocycles. The largest absolute Gasteiger partial charge is 0.390 e. The Hall–Kier alpha value is -1.83. The first-order valence-corrected chi connectivity index (χ1v) is 64.1. The van der Waals surface area contributed by atoms with E-state index in [1.165, 1.54) is 109 Å². The van der Waals surface area contributed by atoms with Crippen molar-refractivity contribution in [1.82, 2.24) is 36.8 Å². The van der Waals surface area contributed by atoms with E-state index in [2.05, 4.69) is 91.5 Å². The normalized spacial score (nSPS) is 48.1. The molecule has 21 nitrogen and oxygen atoms in total. The molecule has 4 aliphatic heterocycles. The van der Waals surface area contributed by atoms with Gasteiger partial charge in [0.1, 0.15) is 29.3 Å². The van der Waals surface area contributed by atoms with Crippen LogP contribution in [0.25, 0.3) is 0 Å². The third-order valence-electron chi connectivity index (χ3n) is 45.0. The number of nitrogens with zero attached hydrogens (tertiary/aromatic N) is 8. The summed E-state index contributed by atoms with van der Waals surface area (Å²) in [6.07, 6.45) is 44.5. The molecular weight excluding hydrogens is 1800 g/mol. The van der Waals surface area contributed by atoms with Gasteiger partial charge < -0.3 is 25.2 Å². The van der Waals surface area contributed by atoms with Crippen molar-refractivity contribution >= 4 is 85.4 Å². The summed E-state index contributed by atoms with van der Waals surface area (Å²) in [6, 6.07) is 0. The molecule has 0 bridgehead atoms. The number of halogens is 1. The van der Waals surface area contributed by atoms with E-state index in [0.717, 1.165) is 254 Å². The Morgan fingerprint density at radius 3 is 0.949 bits per heavy atom. The number of hydrogen-bond acceptors (Lipinski definition) is 17. The monoisotopic (exact) mass is 1990 g/mol. The smallest absolute Gasteiger partial charge is 0.150 e. The molecule has 4 unspecified atom stereocenters. The zero-order valence-corrected chi connectivity index (χ0v) is 90.8. The van der Waals surface area contributed by atoms with Crippen molar-refractivity contribution in [2.24, 2.45) is 170 Å². The molecule has 0 spiro atoms. The number of Topliss-reactive ketones (excluding diaryl/α,β-unsaturated/α-hetero) is 4. The first-order valence-electron chi connectivity index (χ1n) is 55.7. The van der Waals surface area contributed by atoms with Gasteiger partial charge in [-0.1, -0.05) is 41.5 Å². The second-order valence-corrected chi connectivity index (χ2v) is 62.4. The third-order valence-corrected chi connectivity index (χ3v) is 50.8. The number of hydrogen-bond donors (Lipinski definition) is 4. The maximum atomic E-state index is 15.5. The molecule has 4 N–H and O–H groups in total. The van der Waals surface area contributed by atoms with Crippen LogP contribution in [0.2, 0.25) is 0 Å². The number of methoxy groups -OCH3 is 1. The average Bonchev–Trinajstić information content (AvgIpc) is 1.62. The second kappa shape index (κ2) is 40.9. The highest BCUT2D eigenvalue weighted by Crippen LogP contribution is 2.71. The van der Waals surface area contributed by atoms with Crippen LogP contribution >= 0.6 is 0 Å². The lowest BCUT2D eigenvalue weighted by Gasteiger charge is -2.58. The minimum atomic E-state index is -2.17. The van der Waals surface area contributed by atoms with Crippen molar-refractivity contribution in [2.45, 2.75) is 309 Å². The Kier molecular flexibility index (Phi) is 31.8. The van der Waals surface area contributed by atoms with Gasteiger partial charge in [0.25, 0.3) is 0 Å². The van der Waals surface area contributed by atoms with E-state index in [0.29, 0.717) is 141 Å². The van der Waals surface area contributed by atoms with E-state index in [9.17, 15) is 56.4 Å². The van der Waals surface area contributed by atoms with Crippen LogP contribution in [0.3, 0.4) is 0 Å². The highest BCUT2D eigenvalue weighted by Gasteiger charge is 2.66. The van der Waals surface area contributed by atoms with E-state index < -0.39 is 67.4 Å². The van der Waals surface area contributed by atoms with Gasteiger partial charge in [-0.25, -0.2) is 21.6 Å². The topological polar surface area (TPSA) is 253 Å². The lowest BCUT2D eigenvalue weighted by atomic mass is 9.48. The molecule has 0 amide bonds. The van der Waals surface area contributed by atoms with Crippen LogP contribution < -0.4 is 0 Å². The van der Waals surface area contributed by atoms with E-state index in [1.54, 1.807) is 32.1 Å². The standard InChI is InChI=1S/C28H48N2O4S.2C28H48N2O3S.C27H45FN2O3S/c1-27-11-9-22-21-10-12-28(32,19-34-2)17-20(21)5-6-23(22)24(27)7-8-25(27)26(31)18-29-13-15-30(16-14-29)35(3,4)33;1-19-16-23-20(17-28(19,3)32)6-7-22-21(23)10-11-27(2)24(22)8-9-25(27)26(31)18-29-12-14-30(15-13-29)34(4,5)33;1-5-28(32)13-11-21-20(18-28)6-7-23-22(21)10-12-27(2)24(23)8-9-25(27)26(31)19-29-14-16-30(17-15-29)34(3,4)33;1-26(32)9-7-19-18-8-10-27(2)22(20(18)15-24(28)21(19)16-26)5-6-23(27)25(31)17-29-11-13-30(14-12-29)34(3,4)33/h20-25,32H,3,5-19H2,1-2,4H3;19-25,32H,4,6-18H2,1-3,5H3;20-25,32H,3,5-19H2,1-2,4H3;18-24,32H,3,5-17H2,1-2,4H3/t20-,21+,22-,23-,24+,25-,27+,28-,35?;19-,20+,21+,22-,23+,24+,25-,27+,28+,34?;20-,21+,22-,23-,24+,25-,27+,28-,34?;18-,19-,20-,21-,22+,23-,24-,26-,27+,34?/m1111/s1. The van der Waals surface area contributed by atoms with Gasteiger partial charge in [0.15, 0.2) is 0 Å². The Morgan fingerprint density at radius 2 is 0.620 bits per heavy atom. The van der Waals surface area contributed by atoms with Crippen LogP contribution in [0.4, 0.5) is 4.39 Å². The quantitative estimate of drug-likeness (QED) is 0.0877. The van der Waals surface area contributed by atoms with Gasteiger partial charge in [-0.05, 0) is 408 Å². The SMILES string of the molecule is C=S(C)(=O)N1CCN(CC(=O)[C@H]2CC[C@H]3[C@@H]4CC[C@@H]5C[C@@](O)(CC)CC[C@@H]5[C@H]4CC[C@]23C)CC1.C=S(C)(=O)N1CCN(CC(=O)[C@H]2CC[C@H]3[C@@H]4CC[C@@H]5C[C@@](O)(COC)CC[C@@H]5[C@H]4CC[C@]23C)CC1.C=S(C)(=O)N1CCN(CC(=O)[C@H]2CC[C@H]3[C@@H]4CC[C@H]5C[C@](C)(O)[C@H](C)C[C@@H]5[C@H]4CC[C@]23C)CC1.C=S(C)(=O)N1CCN(CC(=O)[C@H]2CC[C@H]3[C@@H]4C[C@@H](F)[C@@H]5C[C@](C)(O)CC[C@@H]5[C@H]4CC[C@]23C)CC1. The predicted molar refractivity (Wildman–Crippen MR) is 557 cm³/mol. The van der Waals surface area contributed by atoms with Crippen molar-refractivity contribution in [3.63, 3.8) is 0 Å². The lowest BCUT2D eigenvalue weighted by molar-refractivity contribution is -0.139. The Labute approximate surface area is 830 Å². The number of carbonyl (C=O) groups excluding carboxylic acids is 4.